The van der Waals surface area contributed by atoms with Gasteiger partial charge in [-0.3, -0.25) is 4.57 Å². The molecule has 0 aliphatic carbocycles. The van der Waals surface area contributed by atoms with E-state index in [1.54, 1.807) is 11.3 Å². The van der Waals surface area contributed by atoms with Crippen LogP contribution in [-0.2, 0) is 0 Å². The molecule has 11 aromatic rings. The summed E-state index contributed by atoms with van der Waals surface area (Å²) in [5.74, 6) is 2.64. The van der Waals surface area contributed by atoms with Crippen LogP contribution in [0, 0.1) is 0 Å². The van der Waals surface area contributed by atoms with Crippen molar-refractivity contribution in [3.05, 3.63) is 164 Å². The first-order chi connectivity index (χ1) is 26.3. The lowest BCUT2D eigenvalue weighted by molar-refractivity contribution is 0.669. The number of thiophene rings is 1. The molecule has 0 N–H and O–H groups in total. The van der Waals surface area contributed by atoms with Gasteiger partial charge in [0.25, 0.3) is 0 Å². The zero-order valence-electron chi connectivity index (χ0n) is 28.1. The minimum absolute atomic E-state index is 0.584. The molecule has 248 valence electrons. The van der Waals surface area contributed by atoms with Crippen LogP contribution in [0.25, 0.3) is 104 Å². The lowest BCUT2D eigenvalue weighted by Crippen LogP contribution is -2.00. The summed E-state index contributed by atoms with van der Waals surface area (Å²) in [7, 11) is 0. The third-order valence-corrected chi connectivity index (χ3v) is 11.0. The third-order valence-electron chi connectivity index (χ3n) is 9.89. The molecule has 0 unspecified atom stereocenters. The van der Waals surface area contributed by atoms with E-state index in [2.05, 4.69) is 114 Å². The second-order valence-electron chi connectivity index (χ2n) is 13.0. The van der Waals surface area contributed by atoms with Crippen molar-refractivity contribution in [3.8, 4) is 51.2 Å². The lowest BCUT2D eigenvalue weighted by Gasteiger charge is -2.10. The van der Waals surface area contributed by atoms with Gasteiger partial charge in [-0.25, -0.2) is 19.9 Å². The predicted molar refractivity (Wildman–Crippen MR) is 216 cm³/mol. The lowest BCUT2D eigenvalue weighted by atomic mass is 10.0. The molecule has 7 heteroatoms. The van der Waals surface area contributed by atoms with E-state index in [1.807, 2.05) is 54.6 Å². The summed E-state index contributed by atoms with van der Waals surface area (Å²) >= 11 is 1.79. The molecule has 0 atom stereocenters. The fourth-order valence-corrected chi connectivity index (χ4v) is 8.68. The van der Waals surface area contributed by atoms with E-state index in [9.17, 15) is 0 Å². The maximum absolute atomic E-state index is 6.79. The highest BCUT2D eigenvalue weighted by atomic mass is 32.1. The highest BCUT2D eigenvalue weighted by Crippen LogP contribution is 2.43. The Bertz CT molecular complexity index is 3180. The van der Waals surface area contributed by atoms with E-state index in [-0.39, 0.29) is 0 Å². The van der Waals surface area contributed by atoms with Gasteiger partial charge in [0.2, 0.25) is 0 Å². The average molecular weight is 698 g/mol. The number of furan rings is 1. The van der Waals surface area contributed by atoms with Crippen molar-refractivity contribution >= 4 is 64.5 Å². The maximum Gasteiger partial charge on any atom is 0.164 e. The van der Waals surface area contributed by atoms with E-state index < -0.39 is 0 Å². The number of rotatable bonds is 5. The van der Waals surface area contributed by atoms with Crippen LogP contribution in [-0.4, -0.2) is 24.5 Å². The molecule has 0 bridgehead atoms. The van der Waals surface area contributed by atoms with E-state index in [4.69, 9.17) is 24.4 Å². The second-order valence-corrected chi connectivity index (χ2v) is 14.1. The Labute approximate surface area is 307 Å². The zero-order valence-corrected chi connectivity index (χ0v) is 29.0. The summed E-state index contributed by atoms with van der Waals surface area (Å²) in [5, 5.41) is 4.27. The van der Waals surface area contributed by atoms with Crippen LogP contribution in [0.1, 0.15) is 0 Å². The Morgan fingerprint density at radius 2 is 1.08 bits per heavy atom. The van der Waals surface area contributed by atoms with Crippen molar-refractivity contribution in [1.29, 1.82) is 0 Å². The van der Waals surface area contributed by atoms with Gasteiger partial charge in [-0.2, -0.15) is 0 Å². The van der Waals surface area contributed by atoms with Crippen LogP contribution in [0.4, 0.5) is 0 Å². The molecule has 0 aliphatic heterocycles. The highest BCUT2D eigenvalue weighted by molar-refractivity contribution is 7.25. The van der Waals surface area contributed by atoms with Gasteiger partial charge in [0, 0.05) is 53.3 Å². The van der Waals surface area contributed by atoms with Gasteiger partial charge in [0.15, 0.2) is 17.5 Å². The van der Waals surface area contributed by atoms with Gasteiger partial charge < -0.3 is 4.42 Å². The first kappa shape index (κ1) is 29.7. The Morgan fingerprint density at radius 3 is 1.92 bits per heavy atom. The van der Waals surface area contributed by atoms with Crippen LogP contribution in [0.3, 0.4) is 0 Å². The van der Waals surface area contributed by atoms with Crippen molar-refractivity contribution in [3.63, 3.8) is 0 Å². The SMILES string of the molecule is c1ccc(-c2nc(-c3cccc4oc5c(-c6nc7ccccc7n6-c6ccccc6)cccc5c34)nc(-c3cccc4sc5ccccc5c34)n2)cc1. The largest absolute Gasteiger partial charge is 0.455 e. The van der Waals surface area contributed by atoms with Crippen LogP contribution < -0.4 is 0 Å². The molecule has 0 radical (unpaired) electrons. The molecule has 11 rings (SSSR count). The second kappa shape index (κ2) is 11.8. The number of benzene rings is 7. The van der Waals surface area contributed by atoms with E-state index in [0.717, 1.165) is 72.1 Å². The van der Waals surface area contributed by atoms with Crippen LogP contribution >= 0.6 is 11.3 Å². The van der Waals surface area contributed by atoms with Crippen LogP contribution in [0.15, 0.2) is 168 Å². The van der Waals surface area contributed by atoms with Gasteiger partial charge in [0.05, 0.1) is 16.6 Å². The van der Waals surface area contributed by atoms with Crippen molar-refractivity contribution in [1.82, 2.24) is 24.5 Å². The molecular formula is C46H27N5OS. The number of fused-ring (bicyclic) bond motifs is 7. The van der Waals surface area contributed by atoms with Crippen molar-refractivity contribution in [2.75, 3.05) is 0 Å². The van der Waals surface area contributed by atoms with Crippen LogP contribution in [0.2, 0.25) is 0 Å². The molecule has 53 heavy (non-hydrogen) atoms. The first-order valence-electron chi connectivity index (χ1n) is 17.5. The molecule has 0 aliphatic rings. The normalized spacial score (nSPS) is 11.8. The van der Waals surface area contributed by atoms with Crippen molar-refractivity contribution in [2.45, 2.75) is 0 Å². The average Bonchev–Trinajstić information content (AvgIpc) is 3.93. The highest BCUT2D eigenvalue weighted by Gasteiger charge is 2.23. The quantitative estimate of drug-likeness (QED) is 0.179. The van der Waals surface area contributed by atoms with Gasteiger partial charge in [-0.05, 0) is 48.5 Å². The fourth-order valence-electron chi connectivity index (χ4n) is 7.55. The predicted octanol–water partition coefficient (Wildman–Crippen LogP) is 12.1. The van der Waals surface area contributed by atoms with E-state index >= 15 is 0 Å². The molecule has 7 aromatic carbocycles. The molecule has 4 aromatic heterocycles. The van der Waals surface area contributed by atoms with E-state index in [0.29, 0.717) is 17.5 Å². The number of hydrogen-bond donors (Lipinski definition) is 0. The van der Waals surface area contributed by atoms with Crippen LogP contribution in [0.5, 0.6) is 0 Å². The molecular weight excluding hydrogens is 671 g/mol. The Morgan fingerprint density at radius 1 is 0.453 bits per heavy atom. The Balaban J connectivity index is 1.17. The van der Waals surface area contributed by atoms with Crippen molar-refractivity contribution < 1.29 is 4.42 Å². The molecule has 6 nitrogen and oxygen atoms in total. The van der Waals surface area contributed by atoms with Gasteiger partial charge in [-0.15, -0.1) is 11.3 Å². The summed E-state index contributed by atoms with van der Waals surface area (Å²) in [5.41, 5.74) is 8.17. The Hall–Kier alpha value is -6.96. The Kier molecular flexibility index (Phi) is 6.62. The number of para-hydroxylation sites is 4. The van der Waals surface area contributed by atoms with Gasteiger partial charge in [-0.1, -0.05) is 115 Å². The number of hydrogen-bond acceptors (Lipinski definition) is 6. The maximum atomic E-state index is 6.79. The number of nitrogens with zero attached hydrogens (tertiary/aromatic N) is 5. The summed E-state index contributed by atoms with van der Waals surface area (Å²) in [6, 6.07) is 56.0. The molecule has 0 fully saturated rings. The third kappa shape index (κ3) is 4.71. The molecule has 0 spiro atoms. The summed E-state index contributed by atoms with van der Waals surface area (Å²) in [6.45, 7) is 0. The molecule has 0 amide bonds. The van der Waals surface area contributed by atoms with Gasteiger partial charge in [0.1, 0.15) is 17.0 Å². The fraction of sp³-hybridized carbons (Fsp3) is 0. The smallest absolute Gasteiger partial charge is 0.164 e. The topological polar surface area (TPSA) is 69.6 Å². The van der Waals surface area contributed by atoms with Gasteiger partial charge >= 0.3 is 0 Å². The minimum atomic E-state index is 0.584. The molecule has 0 saturated carbocycles. The van der Waals surface area contributed by atoms with E-state index in [1.165, 1.54) is 14.8 Å². The molecule has 0 saturated heterocycles. The number of aromatic nitrogens is 5. The zero-order chi connectivity index (χ0) is 34.9. The number of imidazole rings is 1. The van der Waals surface area contributed by atoms with Crippen molar-refractivity contribution in [2.24, 2.45) is 0 Å². The standard InChI is InChI=1S/C46H27N5OS/c1-3-14-28(15-4-1)43-48-44(50-45(49-43)33-21-13-27-39-41(33)30-18-7-10-26-38(30)53-39)32-20-12-25-37-40(32)31-19-11-22-34(42(31)52-37)46-47-35-23-8-9-24-36(35)51(46)29-16-5-2-6-17-29/h1-27H. The first-order valence-corrected chi connectivity index (χ1v) is 18.3. The molecule has 4 heterocycles. The summed E-state index contributed by atoms with van der Waals surface area (Å²) in [4.78, 5) is 20.7. The minimum Gasteiger partial charge on any atom is -0.455 e. The summed E-state index contributed by atoms with van der Waals surface area (Å²) < 4.78 is 11.4. The monoisotopic (exact) mass is 697 g/mol. The summed E-state index contributed by atoms with van der Waals surface area (Å²) in [6.07, 6.45) is 0.